The summed E-state index contributed by atoms with van der Waals surface area (Å²) in [6.45, 7) is 0. The Balaban J connectivity index is 2.55. The minimum Gasteiger partial charge on any atom is -0.494 e. The van der Waals surface area contributed by atoms with Gasteiger partial charge in [-0.2, -0.15) is 5.26 Å². The molecule has 0 N–H and O–H groups in total. The van der Waals surface area contributed by atoms with Crippen molar-refractivity contribution in [1.82, 2.24) is 0 Å². The van der Waals surface area contributed by atoms with Gasteiger partial charge in [-0.1, -0.05) is 0 Å². The van der Waals surface area contributed by atoms with E-state index < -0.39 is 0 Å². The van der Waals surface area contributed by atoms with Crippen molar-refractivity contribution in [1.29, 1.82) is 5.26 Å². The smallest absolute Gasteiger partial charge is 0.165 e. The summed E-state index contributed by atoms with van der Waals surface area (Å²) in [5, 5.41) is 8.60. The van der Waals surface area contributed by atoms with Crippen molar-refractivity contribution >= 4 is 5.57 Å². The molecule has 0 saturated heterocycles. The number of hydrogen-bond donors (Lipinski definition) is 0. The Morgan fingerprint density at radius 2 is 2.27 bits per heavy atom. The van der Waals surface area contributed by atoms with Crippen LogP contribution in [0.4, 0.5) is 4.39 Å². The normalized spacial score (nSPS) is 16.2. The summed E-state index contributed by atoms with van der Waals surface area (Å²) in [4.78, 5) is 0. The van der Waals surface area contributed by atoms with E-state index >= 15 is 0 Å². The number of rotatable bonds is 1. The Morgan fingerprint density at radius 3 is 2.93 bits per heavy atom. The maximum Gasteiger partial charge on any atom is 0.165 e. The first-order chi connectivity index (χ1) is 7.26. The molecule has 0 atom stereocenters. The van der Waals surface area contributed by atoms with Crippen molar-refractivity contribution in [3.8, 4) is 11.8 Å². The molecule has 2 rings (SSSR count). The Morgan fingerprint density at radius 1 is 1.47 bits per heavy atom. The van der Waals surface area contributed by atoms with Crippen molar-refractivity contribution < 1.29 is 9.13 Å². The van der Waals surface area contributed by atoms with E-state index in [1.54, 1.807) is 6.07 Å². The minimum absolute atomic E-state index is 0.236. The highest BCUT2D eigenvalue weighted by atomic mass is 19.1. The first-order valence-electron chi connectivity index (χ1n) is 4.71. The quantitative estimate of drug-likeness (QED) is 0.657. The van der Waals surface area contributed by atoms with Crippen LogP contribution in [0.2, 0.25) is 0 Å². The third-order valence-electron chi connectivity index (χ3n) is 2.63. The maximum atomic E-state index is 13.3. The molecule has 1 aromatic carbocycles. The van der Waals surface area contributed by atoms with E-state index in [1.165, 1.54) is 19.3 Å². The number of methoxy groups -OCH3 is 1. The summed E-state index contributed by atoms with van der Waals surface area (Å²) in [5.74, 6) is -0.103. The molecule has 0 radical (unpaired) electrons. The number of benzene rings is 1. The summed E-state index contributed by atoms with van der Waals surface area (Å²) in [7, 11) is 1.44. The van der Waals surface area contributed by atoms with E-state index in [2.05, 4.69) is 0 Å². The van der Waals surface area contributed by atoms with Crippen molar-refractivity contribution in [3.63, 3.8) is 0 Å². The summed E-state index contributed by atoms with van der Waals surface area (Å²) >= 11 is 0. The minimum atomic E-state index is -0.338. The van der Waals surface area contributed by atoms with Crippen molar-refractivity contribution in [2.75, 3.05) is 7.11 Å². The summed E-state index contributed by atoms with van der Waals surface area (Å²) in [6.07, 6.45) is 3.11. The van der Waals surface area contributed by atoms with Gasteiger partial charge in [0.1, 0.15) is 0 Å². The second-order valence-electron chi connectivity index (χ2n) is 3.44. The molecule has 3 heteroatoms. The molecule has 0 fully saturated rings. The molecule has 15 heavy (non-hydrogen) atoms. The number of hydrogen-bond acceptors (Lipinski definition) is 2. The van der Waals surface area contributed by atoms with Crippen LogP contribution in [0.15, 0.2) is 18.2 Å². The van der Waals surface area contributed by atoms with Gasteiger partial charge in [0, 0.05) is 6.08 Å². The van der Waals surface area contributed by atoms with Crippen LogP contribution in [0.3, 0.4) is 0 Å². The topological polar surface area (TPSA) is 33.0 Å². The Labute approximate surface area is 87.6 Å². The van der Waals surface area contributed by atoms with Gasteiger partial charge in [0.05, 0.1) is 13.2 Å². The molecule has 0 heterocycles. The van der Waals surface area contributed by atoms with Crippen molar-refractivity contribution in [3.05, 3.63) is 35.2 Å². The Hall–Kier alpha value is -1.82. The predicted molar refractivity (Wildman–Crippen MR) is 54.9 cm³/mol. The van der Waals surface area contributed by atoms with Crippen LogP contribution in [-0.4, -0.2) is 7.11 Å². The first-order valence-corrected chi connectivity index (χ1v) is 4.71. The van der Waals surface area contributed by atoms with E-state index in [9.17, 15) is 4.39 Å². The molecule has 0 aliphatic heterocycles. The van der Waals surface area contributed by atoms with Gasteiger partial charge in [0.25, 0.3) is 0 Å². The van der Waals surface area contributed by atoms with E-state index in [0.29, 0.717) is 0 Å². The van der Waals surface area contributed by atoms with E-state index in [0.717, 1.165) is 29.5 Å². The number of halogens is 1. The average Bonchev–Trinajstić information content (AvgIpc) is 2.60. The lowest BCUT2D eigenvalue weighted by Gasteiger charge is -2.05. The van der Waals surface area contributed by atoms with Gasteiger partial charge >= 0.3 is 0 Å². The number of fused-ring (bicyclic) bond motifs is 1. The lowest BCUT2D eigenvalue weighted by molar-refractivity contribution is 0.386. The summed E-state index contributed by atoms with van der Waals surface area (Å²) in [5.41, 5.74) is 2.86. The zero-order valence-corrected chi connectivity index (χ0v) is 8.38. The first kappa shape index (κ1) is 9.72. The van der Waals surface area contributed by atoms with Crippen molar-refractivity contribution in [2.24, 2.45) is 0 Å². The Kier molecular flexibility index (Phi) is 2.42. The standard InChI is InChI=1S/C12H10FNO/c1-15-12-7-10-8(4-5-14)2-3-9(10)6-11(12)13/h4,6-7H,2-3H2,1H3/b8-4-. The van der Waals surface area contributed by atoms with Crippen LogP contribution >= 0.6 is 0 Å². The van der Waals surface area contributed by atoms with E-state index in [1.807, 2.05) is 6.07 Å². The molecule has 0 bridgehead atoms. The third kappa shape index (κ3) is 1.59. The molecule has 0 aromatic heterocycles. The number of nitriles is 1. The Bertz CT molecular complexity index is 471. The van der Waals surface area contributed by atoms with Crippen LogP contribution in [0, 0.1) is 17.1 Å². The zero-order valence-electron chi connectivity index (χ0n) is 8.38. The molecule has 0 saturated carbocycles. The fourth-order valence-corrected chi connectivity index (χ4v) is 1.89. The van der Waals surface area contributed by atoms with Gasteiger partial charge < -0.3 is 4.74 Å². The van der Waals surface area contributed by atoms with Gasteiger partial charge in [-0.3, -0.25) is 0 Å². The predicted octanol–water partition coefficient (Wildman–Crippen LogP) is 2.69. The number of allylic oxidation sites excluding steroid dienone is 2. The molecular weight excluding hydrogens is 193 g/mol. The lowest BCUT2D eigenvalue weighted by Crippen LogP contribution is -1.91. The molecular formula is C12H10FNO. The monoisotopic (exact) mass is 203 g/mol. The van der Waals surface area contributed by atoms with Crippen LogP contribution < -0.4 is 4.74 Å². The van der Waals surface area contributed by atoms with Gasteiger partial charge in [0.2, 0.25) is 0 Å². The van der Waals surface area contributed by atoms with Crippen LogP contribution in [0.25, 0.3) is 5.57 Å². The highest BCUT2D eigenvalue weighted by Gasteiger charge is 2.19. The molecule has 0 amide bonds. The van der Waals surface area contributed by atoms with E-state index in [4.69, 9.17) is 10.00 Å². The highest BCUT2D eigenvalue weighted by molar-refractivity contribution is 5.75. The zero-order chi connectivity index (χ0) is 10.8. The lowest BCUT2D eigenvalue weighted by atomic mass is 10.1. The van der Waals surface area contributed by atoms with Gasteiger partial charge in [-0.15, -0.1) is 0 Å². The molecule has 0 unspecified atom stereocenters. The number of aryl methyl sites for hydroxylation is 1. The van der Waals surface area contributed by atoms with Crippen molar-refractivity contribution in [2.45, 2.75) is 12.8 Å². The maximum absolute atomic E-state index is 13.3. The third-order valence-corrected chi connectivity index (χ3v) is 2.63. The van der Waals surface area contributed by atoms with Crippen LogP contribution in [0.1, 0.15) is 17.5 Å². The van der Waals surface area contributed by atoms with Crippen LogP contribution in [-0.2, 0) is 6.42 Å². The molecule has 76 valence electrons. The second kappa shape index (κ2) is 3.74. The highest BCUT2D eigenvalue weighted by Crippen LogP contribution is 2.35. The fourth-order valence-electron chi connectivity index (χ4n) is 1.89. The second-order valence-corrected chi connectivity index (χ2v) is 3.44. The average molecular weight is 203 g/mol. The molecule has 1 aliphatic rings. The molecule has 2 nitrogen and oxygen atoms in total. The van der Waals surface area contributed by atoms with Gasteiger partial charge in [-0.05, 0) is 41.7 Å². The molecule has 0 spiro atoms. The largest absolute Gasteiger partial charge is 0.494 e. The van der Waals surface area contributed by atoms with Gasteiger partial charge in [-0.25, -0.2) is 4.39 Å². The fraction of sp³-hybridized carbons (Fsp3) is 0.250. The van der Waals surface area contributed by atoms with Crippen LogP contribution in [0.5, 0.6) is 5.75 Å². The van der Waals surface area contributed by atoms with Gasteiger partial charge in [0.15, 0.2) is 11.6 Å². The van der Waals surface area contributed by atoms with E-state index in [-0.39, 0.29) is 11.6 Å². The summed E-state index contributed by atoms with van der Waals surface area (Å²) < 4.78 is 18.3. The number of nitrogens with zero attached hydrogens (tertiary/aromatic N) is 1. The summed E-state index contributed by atoms with van der Waals surface area (Å²) in [6, 6.07) is 5.17. The number of ether oxygens (including phenoxy) is 1. The molecule has 1 aliphatic carbocycles. The SMILES string of the molecule is COc1cc2c(cc1F)CC/C2=C/C#N. The molecule has 1 aromatic rings.